The maximum Gasteiger partial charge on any atom is 0.277 e. The van der Waals surface area contributed by atoms with Crippen LogP contribution in [-0.2, 0) is 4.79 Å². The van der Waals surface area contributed by atoms with Crippen LogP contribution in [0.15, 0.2) is 60.7 Å². The maximum absolute atomic E-state index is 12.9. The van der Waals surface area contributed by atoms with E-state index >= 15 is 0 Å². The van der Waals surface area contributed by atoms with Gasteiger partial charge in [-0.05, 0) is 49.7 Å². The molecule has 3 aromatic rings. The van der Waals surface area contributed by atoms with Gasteiger partial charge in [-0.1, -0.05) is 12.1 Å². The molecule has 2 amide bonds. The summed E-state index contributed by atoms with van der Waals surface area (Å²) in [6.45, 7) is 3.99. The summed E-state index contributed by atoms with van der Waals surface area (Å²) >= 11 is 0. The molecule has 0 saturated carbocycles. The minimum atomic E-state index is -0.816. The minimum absolute atomic E-state index is 0.204. The largest absolute Gasteiger partial charge is 0.492 e. The number of amides is 2. The van der Waals surface area contributed by atoms with Crippen molar-refractivity contribution in [2.75, 3.05) is 23.4 Å². The zero-order valence-corrected chi connectivity index (χ0v) is 19.9. The second-order valence-corrected chi connectivity index (χ2v) is 8.30. The summed E-state index contributed by atoms with van der Waals surface area (Å²) in [5.74, 6) is 0.00307. The highest BCUT2D eigenvalue weighted by molar-refractivity contribution is 6.06. The number of benzene rings is 3. The van der Waals surface area contributed by atoms with Crippen LogP contribution >= 0.6 is 0 Å². The van der Waals surface area contributed by atoms with E-state index in [2.05, 4.69) is 5.32 Å². The van der Waals surface area contributed by atoms with Crippen molar-refractivity contribution in [3.63, 3.8) is 0 Å². The number of anilines is 2. The topological polar surface area (TPSA) is 154 Å². The lowest BCUT2D eigenvalue weighted by Gasteiger charge is -2.33. The van der Waals surface area contributed by atoms with Crippen molar-refractivity contribution < 1.29 is 28.9 Å². The molecule has 3 aromatic carbocycles. The van der Waals surface area contributed by atoms with Crippen molar-refractivity contribution in [2.24, 2.45) is 0 Å². The number of fused-ring (bicyclic) bond motifs is 1. The van der Waals surface area contributed by atoms with Gasteiger partial charge < -0.3 is 19.7 Å². The van der Waals surface area contributed by atoms with Crippen molar-refractivity contribution in [3.05, 3.63) is 92.0 Å². The minimum Gasteiger partial charge on any atom is -0.492 e. The summed E-state index contributed by atoms with van der Waals surface area (Å²) in [5.41, 5.74) is 0.263. The molecule has 37 heavy (non-hydrogen) atoms. The van der Waals surface area contributed by atoms with Crippen molar-refractivity contribution in [3.8, 4) is 11.5 Å². The van der Waals surface area contributed by atoms with Crippen molar-refractivity contribution in [1.82, 2.24) is 0 Å². The molecule has 0 aromatic heterocycles. The van der Waals surface area contributed by atoms with E-state index in [-0.39, 0.29) is 30.3 Å². The van der Waals surface area contributed by atoms with Gasteiger partial charge in [0, 0.05) is 17.8 Å². The molecule has 1 atom stereocenters. The van der Waals surface area contributed by atoms with Crippen LogP contribution in [0.4, 0.5) is 22.7 Å². The normalized spacial score (nSPS) is 14.4. The van der Waals surface area contributed by atoms with Crippen LogP contribution in [0.25, 0.3) is 0 Å². The van der Waals surface area contributed by atoms with Crippen LogP contribution in [0.3, 0.4) is 0 Å². The smallest absolute Gasteiger partial charge is 0.277 e. The highest BCUT2D eigenvalue weighted by Crippen LogP contribution is 2.36. The van der Waals surface area contributed by atoms with Gasteiger partial charge in [0.25, 0.3) is 23.2 Å². The fourth-order valence-electron chi connectivity index (χ4n) is 3.82. The Balaban J connectivity index is 1.55. The highest BCUT2D eigenvalue weighted by atomic mass is 16.6. The standard InChI is InChI=1S/C25H22N4O8/c1-15-4-3-5-21(10-15)36-9-8-27-22-13-18(6-7-23(22)37-16(2)25(27)31)26-24(30)17-11-19(28(32)33)14-20(12-17)29(34)35/h3-7,10-14,16H,8-9H2,1-2H3,(H,26,30). The zero-order valence-electron chi connectivity index (χ0n) is 19.9. The lowest BCUT2D eigenvalue weighted by Crippen LogP contribution is -2.46. The molecule has 0 spiro atoms. The van der Waals surface area contributed by atoms with E-state index in [1.54, 1.807) is 13.0 Å². The predicted octanol–water partition coefficient (Wildman–Crippen LogP) is 4.26. The number of carbonyl (C=O) groups is 2. The van der Waals surface area contributed by atoms with E-state index in [4.69, 9.17) is 9.47 Å². The van der Waals surface area contributed by atoms with E-state index in [9.17, 15) is 29.8 Å². The number of carbonyl (C=O) groups excluding carboxylic acids is 2. The zero-order chi connectivity index (χ0) is 26.7. The maximum atomic E-state index is 12.9. The van der Waals surface area contributed by atoms with E-state index in [1.165, 1.54) is 17.0 Å². The van der Waals surface area contributed by atoms with Gasteiger partial charge in [-0.25, -0.2) is 0 Å². The third-order valence-electron chi connectivity index (χ3n) is 5.58. The molecule has 0 fully saturated rings. The Morgan fingerprint density at radius 3 is 2.41 bits per heavy atom. The molecule has 0 aliphatic carbocycles. The van der Waals surface area contributed by atoms with Crippen LogP contribution in [0.1, 0.15) is 22.8 Å². The van der Waals surface area contributed by atoms with Crippen LogP contribution in [0, 0.1) is 27.2 Å². The van der Waals surface area contributed by atoms with Gasteiger partial charge >= 0.3 is 0 Å². The molecule has 0 saturated heterocycles. The molecule has 190 valence electrons. The first-order valence-corrected chi connectivity index (χ1v) is 11.2. The average Bonchev–Trinajstić information content (AvgIpc) is 2.86. The molecule has 1 aliphatic heterocycles. The summed E-state index contributed by atoms with van der Waals surface area (Å²) in [6, 6.07) is 14.8. The molecular formula is C25H22N4O8. The molecular weight excluding hydrogens is 484 g/mol. The predicted molar refractivity (Wildman–Crippen MR) is 133 cm³/mol. The number of nitrogens with zero attached hydrogens (tertiary/aromatic N) is 3. The number of nitro benzene ring substituents is 2. The lowest BCUT2D eigenvalue weighted by molar-refractivity contribution is -0.394. The first kappa shape index (κ1) is 25.1. The van der Waals surface area contributed by atoms with Crippen LogP contribution < -0.4 is 19.7 Å². The molecule has 1 heterocycles. The number of hydrogen-bond acceptors (Lipinski definition) is 8. The monoisotopic (exact) mass is 506 g/mol. The summed E-state index contributed by atoms with van der Waals surface area (Å²) in [5, 5.41) is 24.9. The Kier molecular flexibility index (Phi) is 7.00. The van der Waals surface area contributed by atoms with Gasteiger partial charge in [-0.2, -0.15) is 0 Å². The third kappa shape index (κ3) is 5.64. The summed E-state index contributed by atoms with van der Waals surface area (Å²) in [7, 11) is 0. The molecule has 12 heteroatoms. The van der Waals surface area contributed by atoms with Crippen LogP contribution in [0.2, 0.25) is 0 Å². The average molecular weight is 506 g/mol. The Labute approximate surface area is 210 Å². The molecule has 1 N–H and O–H groups in total. The molecule has 1 unspecified atom stereocenters. The van der Waals surface area contributed by atoms with Gasteiger partial charge in [-0.3, -0.25) is 29.8 Å². The van der Waals surface area contributed by atoms with E-state index < -0.39 is 33.2 Å². The van der Waals surface area contributed by atoms with Gasteiger partial charge in [0.05, 0.1) is 33.7 Å². The second-order valence-electron chi connectivity index (χ2n) is 8.30. The second kappa shape index (κ2) is 10.3. The highest BCUT2D eigenvalue weighted by Gasteiger charge is 2.32. The summed E-state index contributed by atoms with van der Waals surface area (Å²) in [6.07, 6.45) is -0.725. The van der Waals surface area contributed by atoms with Gasteiger partial charge in [-0.15, -0.1) is 0 Å². The van der Waals surface area contributed by atoms with E-state index in [0.29, 0.717) is 17.2 Å². The van der Waals surface area contributed by atoms with Gasteiger partial charge in [0.1, 0.15) is 18.1 Å². The summed E-state index contributed by atoms with van der Waals surface area (Å²) in [4.78, 5) is 47.8. The number of hydrogen-bond donors (Lipinski definition) is 1. The van der Waals surface area contributed by atoms with Crippen molar-refractivity contribution in [2.45, 2.75) is 20.0 Å². The molecule has 4 rings (SSSR count). The molecule has 12 nitrogen and oxygen atoms in total. The van der Waals surface area contributed by atoms with E-state index in [0.717, 1.165) is 23.8 Å². The fourth-order valence-corrected chi connectivity index (χ4v) is 3.82. The first-order valence-electron chi connectivity index (χ1n) is 11.2. The molecule has 0 radical (unpaired) electrons. The fraction of sp³-hybridized carbons (Fsp3) is 0.200. The number of ether oxygens (including phenoxy) is 2. The lowest BCUT2D eigenvalue weighted by atomic mass is 10.1. The summed E-state index contributed by atoms with van der Waals surface area (Å²) < 4.78 is 11.5. The Morgan fingerprint density at radius 2 is 1.76 bits per heavy atom. The van der Waals surface area contributed by atoms with Crippen molar-refractivity contribution in [1.29, 1.82) is 0 Å². The number of non-ortho nitro benzene ring substituents is 2. The van der Waals surface area contributed by atoms with Gasteiger partial charge in [0.15, 0.2) is 6.10 Å². The van der Waals surface area contributed by atoms with E-state index in [1.807, 2.05) is 31.2 Å². The van der Waals surface area contributed by atoms with Crippen molar-refractivity contribution >= 4 is 34.6 Å². The van der Waals surface area contributed by atoms with Crippen LogP contribution in [-0.4, -0.2) is 40.9 Å². The van der Waals surface area contributed by atoms with Gasteiger partial charge in [0.2, 0.25) is 0 Å². The SMILES string of the molecule is Cc1cccc(OCCN2C(=O)C(C)Oc3ccc(NC(=O)c4cc([N+](=O)[O-])cc([N+](=O)[O-])c4)cc32)c1. The van der Waals surface area contributed by atoms with Crippen LogP contribution in [0.5, 0.6) is 11.5 Å². The Hall–Kier alpha value is -5.00. The molecule has 0 bridgehead atoms. The number of aryl methyl sites for hydroxylation is 1. The Bertz CT molecular complexity index is 1370. The Morgan fingerprint density at radius 1 is 1.05 bits per heavy atom. The molecule has 1 aliphatic rings. The number of rotatable bonds is 8. The quantitative estimate of drug-likeness (QED) is 0.351. The number of nitrogens with one attached hydrogen (secondary N) is 1. The number of nitro groups is 2. The first-order chi connectivity index (χ1) is 17.6. The third-order valence-corrected chi connectivity index (χ3v) is 5.58.